The van der Waals surface area contributed by atoms with Crippen LogP contribution >= 0.6 is 85.7 Å². The zero-order chi connectivity index (χ0) is 55.4. The molecule has 72 heavy (non-hydrogen) atoms. The van der Waals surface area contributed by atoms with Crippen molar-refractivity contribution in [3.8, 4) is 12.3 Å². The van der Waals surface area contributed by atoms with Crippen LogP contribution in [0.3, 0.4) is 0 Å². The van der Waals surface area contributed by atoms with Gasteiger partial charge in [-0.2, -0.15) is 0 Å². The van der Waals surface area contributed by atoms with Crippen molar-refractivity contribution >= 4 is 121 Å². The molecule has 27 heteroatoms. The van der Waals surface area contributed by atoms with Gasteiger partial charge < -0.3 is 25.4 Å². The van der Waals surface area contributed by atoms with E-state index in [2.05, 4.69) is 67.9 Å². The van der Waals surface area contributed by atoms with Gasteiger partial charge in [-0.25, -0.2) is 4.68 Å². The molecule has 2 aromatic carbocycles. The van der Waals surface area contributed by atoms with Crippen molar-refractivity contribution in [1.29, 1.82) is 6.72 Å². The second kappa shape index (κ2) is 39.3. The summed E-state index contributed by atoms with van der Waals surface area (Å²) in [5.41, 5.74) is 8.95. The molecule has 0 spiro atoms. The van der Waals surface area contributed by atoms with E-state index in [1.165, 1.54) is 18.9 Å². The fourth-order valence-electron chi connectivity index (χ4n) is 4.60. The van der Waals surface area contributed by atoms with E-state index in [4.69, 9.17) is 27.4 Å². The molecule has 3 rings (SSSR count). The zero-order valence-electron chi connectivity index (χ0n) is 43.7. The number of amides is 5. The van der Waals surface area contributed by atoms with E-state index in [0.717, 1.165) is 20.9 Å². The number of ketones is 1. The molecule has 5 amide bonds. The molecule has 0 saturated heterocycles. The second-order valence-electron chi connectivity index (χ2n) is 15.5. The van der Waals surface area contributed by atoms with Crippen molar-refractivity contribution in [2.45, 2.75) is 93.4 Å². The molecular weight excluding hydrogens is 1240 g/mol. The number of carbonyl (C=O) groups excluding carboxylic acids is 6. The first kappa shape index (κ1) is 62.1. The number of hydrogen-bond donors (Lipinski definition) is 6. The Labute approximate surface area is 460 Å². The number of alkyl halides is 2. The third kappa shape index (κ3) is 34.3. The second-order valence-corrected chi connectivity index (χ2v) is 27.0. The van der Waals surface area contributed by atoms with Crippen LogP contribution < -0.4 is 27.9 Å². The summed E-state index contributed by atoms with van der Waals surface area (Å²) in [6.07, 6.45) is 6.27. The van der Waals surface area contributed by atoms with Crippen LogP contribution in [-0.2, 0) is 64.3 Å². The molecule has 1 heterocycles. The topological polar surface area (TPSA) is 281 Å². The van der Waals surface area contributed by atoms with Crippen LogP contribution in [0, 0.1) is 17.9 Å². The van der Waals surface area contributed by atoms with Crippen LogP contribution in [0.5, 0.6) is 0 Å². The Hall–Kier alpha value is -4.15. The number of nitrogens with one attached hydrogen (secondary N) is 6. The van der Waals surface area contributed by atoms with E-state index in [-0.39, 0.29) is 79.1 Å². The molecule has 0 aliphatic carbocycles. The summed E-state index contributed by atoms with van der Waals surface area (Å²) in [5.74, 6) is 1.65. The Morgan fingerprint density at radius 2 is 1.29 bits per heavy atom. The third-order valence-electron chi connectivity index (χ3n) is 8.10. The maximum absolute atomic E-state index is 12.4. The van der Waals surface area contributed by atoms with Gasteiger partial charge in [-0.05, 0) is 0 Å². The first-order chi connectivity index (χ1) is 35.2. The van der Waals surface area contributed by atoms with Gasteiger partial charge in [0.15, 0.2) is 5.78 Å². The first-order valence-electron chi connectivity index (χ1n) is 22.7. The standard InChI is InChI=1S/C23H34IN5O5S2.C16H24IN5O3S2.C6H9NO2/c1-5-24-26-22(32)34-14-17-6-10-20(11-7-17)35-36-23(2,3)16-25-21(31)13-29-12-18(27-28-29)8-9-19(30)15-33-4;1-4-17-21-15(24)25-10-12-5-7-13(8-6-12)26-27-16(2,3)11-19-14(23)9-20-22-18;1-3-4-7-6(8)5-9-2/h6-7,10-12,24H,5,8-9,13-16H2,1-4H3,(H,25,31)(H,26,32);5-8,17-18H,4,9-11H2,1-3H3,(H-,19,21,23,24);1H,4-5H2,2H3,(H,7,8)/p+1/i24D;17D;. The summed E-state index contributed by atoms with van der Waals surface area (Å²) in [7, 11) is 9.41. The summed E-state index contributed by atoms with van der Waals surface area (Å²) < 4.78 is 42.5. The Balaban J connectivity index is 0.000000651. The summed E-state index contributed by atoms with van der Waals surface area (Å²) in [4.78, 5) is 74.1. The number of ether oxygens (including phenoxy) is 4. The number of benzene rings is 2. The molecular formula is C45H68I2N11O10S4+. The molecule has 400 valence electrons. The van der Waals surface area contributed by atoms with Gasteiger partial charge in [0.05, 0.1) is 12.2 Å². The molecule has 0 bridgehead atoms. The number of terminal acetylenes is 1. The van der Waals surface area contributed by atoms with Gasteiger partial charge in [-0.1, -0.05) is 11.1 Å². The summed E-state index contributed by atoms with van der Waals surface area (Å²) in [5, 5.41) is 19.5. The number of Topliss-reactive ketones (excluding diaryl/α,β-unsaturated/α-hetero) is 1. The zero-order valence-corrected chi connectivity index (χ0v) is 49.3. The number of halogens is 2. The number of carbonyl (C=O) groups is 6. The molecule has 0 fully saturated rings. The van der Waals surface area contributed by atoms with Crippen LogP contribution in [0.15, 0.2) is 69.6 Å². The number of nitrogens with zero attached hydrogens (tertiary/aromatic N) is 5. The molecule has 1 aromatic heterocycles. The summed E-state index contributed by atoms with van der Waals surface area (Å²) in [6.45, 7) is 13.5. The van der Waals surface area contributed by atoms with Crippen molar-refractivity contribution in [3.05, 3.63) is 71.5 Å². The van der Waals surface area contributed by atoms with Crippen LogP contribution in [0.2, 0.25) is 0 Å². The molecule has 0 saturated carbocycles. The van der Waals surface area contributed by atoms with Crippen LogP contribution in [0.4, 0.5) is 9.59 Å². The monoisotopic (exact) mass is 1310 g/mol. The summed E-state index contributed by atoms with van der Waals surface area (Å²) >= 11 is -4.24. The normalized spacial score (nSPS) is 11.4. The molecule has 0 aliphatic heterocycles. The molecule has 21 nitrogen and oxygen atoms in total. The predicted molar refractivity (Wildman–Crippen MR) is 304 cm³/mol. The number of methoxy groups -OCH3 is 2. The maximum atomic E-state index is 12.4. The third-order valence-corrected chi connectivity index (χ3v) is 17.9. The molecule has 0 atom stereocenters. The molecule has 0 radical (unpaired) electrons. The Kier molecular flexibility index (Phi) is 33.9. The van der Waals surface area contributed by atoms with Crippen LogP contribution in [0.25, 0.3) is 0 Å². The van der Waals surface area contributed by atoms with Crippen molar-refractivity contribution < 1.29 is 47.7 Å². The minimum absolute atomic E-state index is 0.00540. The Bertz CT molecular complexity index is 2280. The SMILES string of the molecule is C#CCNC(=O)COC.[2H]I(CC)NC(=O)OCc1ccc(SSC(C)(C)CNC(=O)CN=[N+]=N)cc1.[2H]I(CC)NC(=O)OCc1ccc(SSC(C)(C)CNC(=O)Cn2cc(CCC(=O)COC)nn2)cc1. The fourth-order valence-corrected chi connectivity index (χ4v) is 10.7. The van der Waals surface area contributed by atoms with Gasteiger partial charge in [0.2, 0.25) is 29.2 Å². The van der Waals surface area contributed by atoms with Gasteiger partial charge in [-0.15, -0.1) is 11.5 Å². The predicted octanol–water partition coefficient (Wildman–Crippen LogP) is 6.74. The quantitative estimate of drug-likeness (QED) is 0.00766. The first-order valence-corrected chi connectivity index (χ1v) is 31.4. The van der Waals surface area contributed by atoms with E-state index in [0.29, 0.717) is 40.5 Å². The van der Waals surface area contributed by atoms with Crippen LogP contribution in [-0.4, -0.2) is 124 Å². The van der Waals surface area contributed by atoms with Gasteiger partial charge in [0.25, 0.3) is 0 Å². The van der Waals surface area contributed by atoms with E-state index in [1.54, 1.807) is 49.4 Å². The average Bonchev–Trinajstić information content (AvgIpc) is 3.83. The molecule has 0 aliphatic rings. The minimum atomic E-state index is -2.13. The number of hydrogen-bond acceptors (Lipinski definition) is 18. The van der Waals surface area contributed by atoms with E-state index in [9.17, 15) is 28.8 Å². The molecule has 3 aromatic rings. The van der Waals surface area contributed by atoms with Gasteiger partial charge in [-0.3, -0.25) is 19.2 Å². The van der Waals surface area contributed by atoms with E-state index < -0.39 is 54.7 Å². The van der Waals surface area contributed by atoms with E-state index >= 15 is 0 Å². The molecule has 6 N–H and O–H groups in total. The Morgan fingerprint density at radius 3 is 1.75 bits per heavy atom. The number of aromatic nitrogens is 3. The van der Waals surface area contributed by atoms with Gasteiger partial charge >= 0.3 is 281 Å². The summed E-state index contributed by atoms with van der Waals surface area (Å²) in [6, 6.07) is 15.4. The van der Waals surface area contributed by atoms with Crippen LogP contribution in [0.1, 0.15) is 64.8 Å². The van der Waals surface area contributed by atoms with Gasteiger partial charge in [0, 0.05) is 33.3 Å². The number of aryl methyl sites for hydroxylation is 1. The Morgan fingerprint density at radius 1 is 0.792 bits per heavy atom. The van der Waals surface area contributed by atoms with E-state index in [1.807, 2.05) is 76.2 Å². The number of rotatable bonds is 30. The van der Waals surface area contributed by atoms with Crippen molar-refractivity contribution in [3.63, 3.8) is 0 Å². The van der Waals surface area contributed by atoms with Gasteiger partial charge in [0.1, 0.15) is 30.4 Å². The van der Waals surface area contributed by atoms with Crippen molar-refractivity contribution in [2.75, 3.05) is 62.5 Å². The average molecular weight is 1310 g/mol. The fraction of sp³-hybridized carbons (Fsp3) is 0.511. The van der Waals surface area contributed by atoms with Crippen molar-refractivity contribution in [1.82, 2.24) is 42.9 Å². The molecule has 0 unspecified atom stereocenters. The van der Waals surface area contributed by atoms with Crippen molar-refractivity contribution in [2.24, 2.45) is 5.11 Å².